The topological polar surface area (TPSA) is 0 Å². The highest BCUT2D eigenvalue weighted by Crippen LogP contribution is 2.41. The largest absolute Gasteiger partial charge is 0.0642 e. The van der Waals surface area contributed by atoms with Crippen LogP contribution in [0, 0.1) is 6.42 Å². The molecule has 3 aromatic carbocycles. The molecular weight excluding hydrogens is 360 g/mol. The van der Waals surface area contributed by atoms with Crippen molar-refractivity contribution in [1.29, 1.82) is 0 Å². The maximum absolute atomic E-state index is 2.33. The second kappa shape index (κ2) is 7.27. The van der Waals surface area contributed by atoms with Gasteiger partial charge in [-0.05, 0) is 62.3 Å². The third kappa shape index (κ3) is 3.88. The standard InChI is InChI=1S/C30H33/c1-20-18-27-25(21-8-12-23(13-9-21)29(2,3)4)16-17-26(28(27)19-20)22-10-14-24(15-11-22)30(5,6)7/h8-19H,1-7H3. The Balaban J connectivity index is 1.77. The lowest BCUT2D eigenvalue weighted by Gasteiger charge is -2.20. The average molecular weight is 394 g/mol. The molecule has 0 fully saturated rings. The van der Waals surface area contributed by atoms with Gasteiger partial charge in [0.1, 0.15) is 0 Å². The Hall–Kier alpha value is -2.60. The van der Waals surface area contributed by atoms with Gasteiger partial charge in [-0.1, -0.05) is 114 Å². The molecule has 30 heavy (non-hydrogen) atoms. The van der Waals surface area contributed by atoms with Crippen molar-refractivity contribution < 1.29 is 0 Å². The molecule has 0 nitrogen and oxygen atoms in total. The van der Waals surface area contributed by atoms with Crippen LogP contribution in [0.1, 0.15) is 70.7 Å². The van der Waals surface area contributed by atoms with E-state index in [9.17, 15) is 0 Å². The third-order valence-corrected chi connectivity index (χ3v) is 6.16. The summed E-state index contributed by atoms with van der Waals surface area (Å²) in [5.74, 6) is 0. The van der Waals surface area contributed by atoms with E-state index >= 15 is 0 Å². The highest BCUT2D eigenvalue weighted by molar-refractivity contribution is 5.89. The van der Waals surface area contributed by atoms with E-state index in [-0.39, 0.29) is 10.8 Å². The van der Waals surface area contributed by atoms with E-state index in [1.54, 1.807) is 0 Å². The maximum Gasteiger partial charge on any atom is 0.0168 e. The highest BCUT2D eigenvalue weighted by atomic mass is 14.2. The van der Waals surface area contributed by atoms with Crippen molar-refractivity contribution in [2.45, 2.75) is 59.3 Å². The first kappa shape index (κ1) is 20.7. The minimum Gasteiger partial charge on any atom is -0.0642 e. The summed E-state index contributed by atoms with van der Waals surface area (Å²) >= 11 is 0. The van der Waals surface area contributed by atoms with Gasteiger partial charge in [0.15, 0.2) is 0 Å². The van der Waals surface area contributed by atoms with Crippen LogP contribution in [0.25, 0.3) is 28.3 Å². The Kier molecular flexibility index (Phi) is 5.01. The van der Waals surface area contributed by atoms with Crippen molar-refractivity contribution in [1.82, 2.24) is 0 Å². The highest BCUT2D eigenvalue weighted by Gasteiger charge is 2.21. The van der Waals surface area contributed by atoms with Gasteiger partial charge in [0.05, 0.1) is 0 Å². The van der Waals surface area contributed by atoms with Crippen molar-refractivity contribution in [2.75, 3.05) is 0 Å². The van der Waals surface area contributed by atoms with E-state index in [0.29, 0.717) is 0 Å². The first-order chi connectivity index (χ1) is 14.0. The summed E-state index contributed by atoms with van der Waals surface area (Å²) < 4.78 is 0. The first-order valence-electron chi connectivity index (χ1n) is 11.0. The molecule has 0 heteroatoms. The van der Waals surface area contributed by atoms with E-state index in [4.69, 9.17) is 0 Å². The SMILES string of the molecule is CC1=Cc2c(-c3ccc(C(C)(C)C)cc3)ccc(-c3ccc(C(C)(C)C)cc3)c2[CH]1. The smallest absolute Gasteiger partial charge is 0.0168 e. The van der Waals surface area contributed by atoms with E-state index in [1.165, 1.54) is 50.1 Å². The van der Waals surface area contributed by atoms with Crippen LogP contribution in [-0.4, -0.2) is 0 Å². The predicted molar refractivity (Wildman–Crippen MR) is 132 cm³/mol. The summed E-state index contributed by atoms with van der Waals surface area (Å²) in [6.45, 7) is 15.8. The minimum atomic E-state index is 0.174. The zero-order valence-corrected chi connectivity index (χ0v) is 19.4. The molecule has 1 radical (unpaired) electrons. The molecule has 3 aromatic rings. The van der Waals surface area contributed by atoms with Gasteiger partial charge in [0.2, 0.25) is 0 Å². The number of hydrogen-bond acceptors (Lipinski definition) is 0. The van der Waals surface area contributed by atoms with Gasteiger partial charge >= 0.3 is 0 Å². The Bertz CT molecular complexity index is 1090. The summed E-state index contributed by atoms with van der Waals surface area (Å²) in [6, 6.07) is 22.8. The van der Waals surface area contributed by atoms with Crippen molar-refractivity contribution in [3.8, 4) is 22.3 Å². The van der Waals surface area contributed by atoms with Crippen LogP contribution >= 0.6 is 0 Å². The fourth-order valence-electron chi connectivity index (χ4n) is 4.25. The first-order valence-corrected chi connectivity index (χ1v) is 11.0. The van der Waals surface area contributed by atoms with Gasteiger partial charge < -0.3 is 0 Å². The second-order valence-corrected chi connectivity index (χ2v) is 10.7. The molecule has 0 heterocycles. The quantitative estimate of drug-likeness (QED) is 0.409. The molecule has 4 rings (SSSR count). The van der Waals surface area contributed by atoms with Crippen molar-refractivity contribution in [3.63, 3.8) is 0 Å². The number of rotatable bonds is 2. The Morgan fingerprint density at radius 3 is 1.30 bits per heavy atom. The van der Waals surface area contributed by atoms with Gasteiger partial charge in [-0.15, -0.1) is 0 Å². The number of hydrogen-bond donors (Lipinski definition) is 0. The Morgan fingerprint density at radius 1 is 0.500 bits per heavy atom. The molecule has 1 aliphatic carbocycles. The lowest BCUT2D eigenvalue weighted by Crippen LogP contribution is -2.10. The molecule has 0 aromatic heterocycles. The summed E-state index contributed by atoms with van der Waals surface area (Å²) in [5.41, 5.74) is 12.3. The number of allylic oxidation sites excluding steroid dienone is 1. The molecule has 0 saturated carbocycles. The minimum absolute atomic E-state index is 0.174. The molecule has 0 bridgehead atoms. The summed E-state index contributed by atoms with van der Waals surface area (Å²) in [6.07, 6.45) is 4.66. The van der Waals surface area contributed by atoms with Gasteiger partial charge in [-0.2, -0.15) is 0 Å². The van der Waals surface area contributed by atoms with Gasteiger partial charge in [0.25, 0.3) is 0 Å². The van der Waals surface area contributed by atoms with E-state index in [0.717, 1.165) is 0 Å². The second-order valence-electron chi connectivity index (χ2n) is 10.7. The fourth-order valence-corrected chi connectivity index (χ4v) is 4.25. The monoisotopic (exact) mass is 393 g/mol. The van der Waals surface area contributed by atoms with Crippen LogP contribution in [0.4, 0.5) is 0 Å². The van der Waals surface area contributed by atoms with Crippen LogP contribution in [0.3, 0.4) is 0 Å². The van der Waals surface area contributed by atoms with Crippen LogP contribution in [0.15, 0.2) is 66.2 Å². The average Bonchev–Trinajstić information content (AvgIpc) is 3.07. The van der Waals surface area contributed by atoms with E-state index in [1.807, 2.05) is 0 Å². The summed E-state index contributed by atoms with van der Waals surface area (Å²) in [4.78, 5) is 0. The zero-order valence-electron chi connectivity index (χ0n) is 19.4. The summed E-state index contributed by atoms with van der Waals surface area (Å²) in [7, 11) is 0. The van der Waals surface area contributed by atoms with E-state index < -0.39 is 0 Å². The van der Waals surface area contributed by atoms with Gasteiger partial charge in [-0.25, -0.2) is 0 Å². The maximum atomic E-state index is 2.33. The lowest BCUT2D eigenvalue weighted by atomic mass is 9.84. The molecule has 1 aliphatic rings. The molecule has 0 spiro atoms. The molecular formula is C30H33. The zero-order chi connectivity index (χ0) is 21.7. The van der Waals surface area contributed by atoms with Crippen LogP contribution in [0.5, 0.6) is 0 Å². The van der Waals surface area contributed by atoms with Crippen molar-refractivity contribution in [2.24, 2.45) is 0 Å². The Labute approximate surface area is 182 Å². The van der Waals surface area contributed by atoms with Gasteiger partial charge in [0, 0.05) is 6.42 Å². The fraction of sp³-hybridized carbons (Fsp3) is 0.300. The van der Waals surface area contributed by atoms with Crippen molar-refractivity contribution >= 4 is 6.08 Å². The molecule has 0 saturated heterocycles. The van der Waals surface area contributed by atoms with Crippen molar-refractivity contribution in [3.05, 3.63) is 94.9 Å². The van der Waals surface area contributed by atoms with Crippen LogP contribution in [-0.2, 0) is 10.8 Å². The number of fused-ring (bicyclic) bond motifs is 1. The molecule has 0 N–H and O–H groups in total. The molecule has 0 atom stereocenters. The number of benzene rings is 3. The molecule has 153 valence electrons. The van der Waals surface area contributed by atoms with Gasteiger partial charge in [-0.3, -0.25) is 0 Å². The normalized spacial score (nSPS) is 13.9. The summed E-state index contributed by atoms with van der Waals surface area (Å²) in [5, 5.41) is 0. The van der Waals surface area contributed by atoms with E-state index in [2.05, 4.69) is 122 Å². The molecule has 0 aliphatic heterocycles. The van der Waals surface area contributed by atoms with Crippen LogP contribution < -0.4 is 0 Å². The van der Waals surface area contributed by atoms with Crippen LogP contribution in [0.2, 0.25) is 0 Å². The lowest BCUT2D eigenvalue weighted by molar-refractivity contribution is 0.590. The third-order valence-electron chi connectivity index (χ3n) is 6.16. The predicted octanol–water partition coefficient (Wildman–Crippen LogP) is 8.58. The molecule has 0 unspecified atom stereocenters. The molecule has 0 amide bonds. The Morgan fingerprint density at radius 2 is 0.900 bits per heavy atom.